The highest BCUT2D eigenvalue weighted by Gasteiger charge is 2.49. The first-order chi connectivity index (χ1) is 6.11. The molecule has 2 aliphatic rings. The van der Waals surface area contributed by atoms with Crippen LogP contribution in [0.15, 0.2) is 11.5 Å². The maximum absolute atomic E-state index is 10.7. The molecule has 1 aliphatic heterocycles. The van der Waals surface area contributed by atoms with Gasteiger partial charge in [-0.05, 0) is 6.42 Å². The topological polar surface area (TPSA) is 87.1 Å². The van der Waals surface area contributed by atoms with Crippen molar-refractivity contribution >= 4 is 11.9 Å². The molecule has 1 heterocycles. The van der Waals surface area contributed by atoms with Crippen LogP contribution in [0.5, 0.6) is 0 Å². The van der Waals surface area contributed by atoms with Crippen LogP contribution >= 0.6 is 0 Å². The van der Waals surface area contributed by atoms with Crippen LogP contribution in [-0.4, -0.2) is 22.2 Å². The van der Waals surface area contributed by atoms with Gasteiger partial charge >= 0.3 is 11.9 Å². The number of hydrogen-bond donors (Lipinski definition) is 2. The van der Waals surface area contributed by atoms with E-state index in [1.165, 1.54) is 0 Å². The molecule has 0 aromatic carbocycles. The van der Waals surface area contributed by atoms with Crippen molar-refractivity contribution in [2.75, 3.05) is 0 Å². The first kappa shape index (κ1) is 8.10. The summed E-state index contributed by atoms with van der Waals surface area (Å²) >= 11 is 0. The van der Waals surface area contributed by atoms with Crippen molar-refractivity contribution in [2.24, 2.45) is 11.8 Å². The molecular formula is C8H8O5. The first-order valence-electron chi connectivity index (χ1n) is 3.97. The molecule has 5 heteroatoms. The highest BCUT2D eigenvalue weighted by molar-refractivity contribution is 5.83. The van der Waals surface area contributed by atoms with E-state index in [0.29, 0.717) is 24.4 Å². The molecule has 5 nitrogen and oxygen atoms in total. The van der Waals surface area contributed by atoms with E-state index in [4.69, 9.17) is 14.9 Å². The van der Waals surface area contributed by atoms with Gasteiger partial charge in [0.1, 0.15) is 11.7 Å². The van der Waals surface area contributed by atoms with Crippen LogP contribution in [0.3, 0.4) is 0 Å². The van der Waals surface area contributed by atoms with Gasteiger partial charge in [-0.25, -0.2) is 0 Å². The van der Waals surface area contributed by atoms with Crippen molar-refractivity contribution in [1.82, 2.24) is 0 Å². The van der Waals surface area contributed by atoms with Gasteiger partial charge in [-0.1, -0.05) is 0 Å². The predicted molar refractivity (Wildman–Crippen MR) is 39.6 cm³/mol. The molecule has 2 rings (SSSR count). The number of aliphatic carboxylic acids is 2. The van der Waals surface area contributed by atoms with Gasteiger partial charge in [0, 0.05) is 6.42 Å². The molecule has 0 fully saturated rings. The predicted octanol–water partition coefficient (Wildman–Crippen LogP) is 0.424. The van der Waals surface area contributed by atoms with Gasteiger partial charge in [0.25, 0.3) is 0 Å². The lowest BCUT2D eigenvalue weighted by atomic mass is 9.84. The monoisotopic (exact) mass is 184 g/mol. The fraction of sp³-hybridized carbons (Fsp3) is 0.500. The van der Waals surface area contributed by atoms with Crippen molar-refractivity contribution in [2.45, 2.75) is 12.8 Å². The molecule has 0 spiro atoms. The van der Waals surface area contributed by atoms with Crippen LogP contribution in [0.4, 0.5) is 0 Å². The molecule has 0 bridgehead atoms. The summed E-state index contributed by atoms with van der Waals surface area (Å²) in [6.07, 6.45) is 0.904. The van der Waals surface area contributed by atoms with Gasteiger partial charge in [0.05, 0.1) is 5.92 Å². The van der Waals surface area contributed by atoms with E-state index in [9.17, 15) is 9.59 Å². The van der Waals surface area contributed by atoms with Gasteiger partial charge in [-0.15, -0.1) is 0 Å². The fourth-order valence-electron chi connectivity index (χ4n) is 1.70. The Morgan fingerprint density at radius 1 is 1.31 bits per heavy atom. The van der Waals surface area contributed by atoms with Gasteiger partial charge in [0.15, 0.2) is 5.76 Å². The number of rotatable bonds is 2. The summed E-state index contributed by atoms with van der Waals surface area (Å²) in [4.78, 5) is 21.4. The lowest BCUT2D eigenvalue weighted by Gasteiger charge is -2.16. The lowest BCUT2D eigenvalue weighted by molar-refractivity contribution is -0.152. The Morgan fingerprint density at radius 3 is 2.54 bits per heavy atom. The number of hydrogen-bond acceptors (Lipinski definition) is 3. The molecule has 1 aliphatic carbocycles. The van der Waals surface area contributed by atoms with Crippen LogP contribution < -0.4 is 0 Å². The minimum absolute atomic E-state index is 0.352. The van der Waals surface area contributed by atoms with Crippen molar-refractivity contribution in [1.29, 1.82) is 0 Å². The average molecular weight is 184 g/mol. The zero-order valence-corrected chi connectivity index (χ0v) is 6.69. The van der Waals surface area contributed by atoms with E-state index in [0.717, 1.165) is 0 Å². The molecular weight excluding hydrogens is 176 g/mol. The third-order valence-electron chi connectivity index (χ3n) is 2.42. The molecule has 0 saturated heterocycles. The van der Waals surface area contributed by atoms with Crippen LogP contribution in [0.25, 0.3) is 0 Å². The van der Waals surface area contributed by atoms with E-state index in [2.05, 4.69) is 0 Å². The summed E-state index contributed by atoms with van der Waals surface area (Å²) in [6.45, 7) is 0. The summed E-state index contributed by atoms with van der Waals surface area (Å²) in [6, 6.07) is 0. The van der Waals surface area contributed by atoms with Gasteiger partial charge < -0.3 is 14.9 Å². The largest absolute Gasteiger partial charge is 0.481 e. The number of carboxylic acid groups (broad SMARTS) is 2. The van der Waals surface area contributed by atoms with E-state index in [1.807, 2.05) is 0 Å². The summed E-state index contributed by atoms with van der Waals surface area (Å²) in [5, 5.41) is 17.5. The van der Waals surface area contributed by atoms with E-state index in [-0.39, 0.29) is 0 Å². The maximum Gasteiger partial charge on any atom is 0.315 e. The number of allylic oxidation sites excluding steroid dienone is 1. The Balaban J connectivity index is 2.25. The highest BCUT2D eigenvalue weighted by Crippen LogP contribution is 2.46. The fourth-order valence-corrected chi connectivity index (χ4v) is 1.70. The normalized spacial score (nSPS) is 30.5. The average Bonchev–Trinajstić information content (AvgIpc) is 2.79. The third kappa shape index (κ3) is 1.16. The summed E-state index contributed by atoms with van der Waals surface area (Å²) in [5.41, 5.74) is 0. The van der Waals surface area contributed by atoms with Crippen LogP contribution in [0.1, 0.15) is 12.8 Å². The van der Waals surface area contributed by atoms with Crippen molar-refractivity contribution < 1.29 is 24.5 Å². The molecule has 0 saturated carbocycles. The molecule has 0 aromatic rings. The first-order valence-corrected chi connectivity index (χ1v) is 3.97. The zero-order chi connectivity index (χ0) is 9.59. The van der Waals surface area contributed by atoms with Gasteiger partial charge in [-0.3, -0.25) is 9.59 Å². The second-order valence-electron chi connectivity index (χ2n) is 3.19. The Hall–Kier alpha value is -1.52. The lowest BCUT2D eigenvalue weighted by Crippen LogP contribution is -2.30. The van der Waals surface area contributed by atoms with E-state index >= 15 is 0 Å². The standard InChI is InChI=1S/C8H8O5/c9-7(10)3-1-2-4-6(13-4)5(3)8(11)12/h3,5H,1-2H2,(H,9,10)(H,11,12). The molecule has 0 aromatic heterocycles. The molecule has 2 atom stereocenters. The Morgan fingerprint density at radius 2 is 2.00 bits per heavy atom. The third-order valence-corrected chi connectivity index (χ3v) is 2.42. The molecule has 13 heavy (non-hydrogen) atoms. The number of ether oxygens (including phenoxy) is 1. The quantitative estimate of drug-likeness (QED) is 0.649. The van der Waals surface area contributed by atoms with Crippen LogP contribution in [0, 0.1) is 11.8 Å². The zero-order valence-electron chi connectivity index (χ0n) is 6.69. The second-order valence-corrected chi connectivity index (χ2v) is 3.19. The maximum atomic E-state index is 10.7. The molecule has 2 N–H and O–H groups in total. The molecule has 0 radical (unpaired) electrons. The summed E-state index contributed by atoms with van der Waals surface area (Å²) < 4.78 is 4.92. The van der Waals surface area contributed by atoms with Crippen molar-refractivity contribution in [3.63, 3.8) is 0 Å². The summed E-state index contributed by atoms with van der Waals surface area (Å²) in [5.74, 6) is -2.94. The minimum atomic E-state index is -1.11. The number of carbonyl (C=O) groups is 2. The van der Waals surface area contributed by atoms with Crippen LogP contribution in [0.2, 0.25) is 0 Å². The number of carboxylic acids is 2. The minimum Gasteiger partial charge on any atom is -0.481 e. The van der Waals surface area contributed by atoms with E-state index in [1.54, 1.807) is 0 Å². The highest BCUT2D eigenvalue weighted by atomic mass is 16.6. The Kier molecular flexibility index (Phi) is 1.55. The van der Waals surface area contributed by atoms with Crippen molar-refractivity contribution in [3.05, 3.63) is 11.5 Å². The molecule has 70 valence electrons. The summed E-state index contributed by atoms with van der Waals surface area (Å²) in [7, 11) is 0. The Bertz CT molecular complexity index is 316. The molecule has 0 amide bonds. The molecule has 2 unspecified atom stereocenters. The van der Waals surface area contributed by atoms with E-state index < -0.39 is 23.8 Å². The SMILES string of the molecule is O=C(O)C1CCC2=C(O2)C1C(=O)O. The second kappa shape index (κ2) is 2.48. The Labute approximate surface area is 73.6 Å². The van der Waals surface area contributed by atoms with Crippen LogP contribution in [-0.2, 0) is 14.3 Å². The smallest absolute Gasteiger partial charge is 0.315 e. The van der Waals surface area contributed by atoms with Gasteiger partial charge in [0.2, 0.25) is 0 Å². The van der Waals surface area contributed by atoms with Gasteiger partial charge in [-0.2, -0.15) is 0 Å². The van der Waals surface area contributed by atoms with Crippen molar-refractivity contribution in [3.8, 4) is 0 Å².